The van der Waals surface area contributed by atoms with Gasteiger partial charge in [0.05, 0.1) is 6.17 Å². The van der Waals surface area contributed by atoms with Crippen molar-refractivity contribution < 1.29 is 0 Å². The maximum Gasteiger partial charge on any atom is 0.0804 e. The van der Waals surface area contributed by atoms with Crippen LogP contribution in [-0.4, -0.2) is 12.2 Å². The molecule has 0 radical (unpaired) electrons. The Morgan fingerprint density at radius 1 is 0.731 bits per heavy atom. The summed E-state index contributed by atoms with van der Waals surface area (Å²) in [5, 5.41) is 8.52. The van der Waals surface area contributed by atoms with E-state index in [1.54, 1.807) is 11.1 Å². The van der Waals surface area contributed by atoms with Crippen molar-refractivity contribution in [3.63, 3.8) is 0 Å². The largest absolute Gasteiger partial charge is 0.370 e. The molecule has 1 aliphatic heterocycles. The highest BCUT2D eigenvalue weighted by Crippen LogP contribution is 2.69. The molecule has 7 unspecified atom stereocenters. The zero-order chi connectivity index (χ0) is 34.9. The Bertz CT molecular complexity index is 1650. The molecule has 52 heavy (non-hydrogen) atoms. The van der Waals surface area contributed by atoms with E-state index in [-0.39, 0.29) is 0 Å². The molecule has 0 saturated heterocycles. The minimum atomic E-state index is 0.357. The second-order valence-corrected chi connectivity index (χ2v) is 20.1. The van der Waals surface area contributed by atoms with Gasteiger partial charge in [-0.2, -0.15) is 0 Å². The van der Waals surface area contributed by atoms with Gasteiger partial charge in [-0.25, -0.2) is 0 Å². The second kappa shape index (κ2) is 13.9. The predicted molar refractivity (Wildman–Crippen MR) is 217 cm³/mol. The van der Waals surface area contributed by atoms with Crippen LogP contribution in [0.1, 0.15) is 174 Å². The summed E-state index contributed by atoms with van der Waals surface area (Å²) in [4.78, 5) is 0. The maximum absolute atomic E-state index is 4.30. The second-order valence-electron chi connectivity index (χ2n) is 20.1. The summed E-state index contributed by atoms with van der Waals surface area (Å²) >= 11 is 0. The van der Waals surface area contributed by atoms with Gasteiger partial charge in [0.1, 0.15) is 0 Å². The first-order valence-corrected chi connectivity index (χ1v) is 23.0. The quantitative estimate of drug-likeness (QED) is 0.279. The third-order valence-electron chi connectivity index (χ3n) is 17.3. The van der Waals surface area contributed by atoms with Crippen LogP contribution in [0.3, 0.4) is 0 Å². The third-order valence-corrected chi connectivity index (χ3v) is 17.3. The molecule has 7 atom stereocenters. The fourth-order valence-corrected chi connectivity index (χ4v) is 15.0. The Kier molecular flexibility index (Phi) is 9.21. The number of fused-ring (bicyclic) bond motifs is 6. The number of rotatable bonds is 5. The van der Waals surface area contributed by atoms with Gasteiger partial charge in [-0.15, -0.1) is 0 Å². The van der Waals surface area contributed by atoms with Gasteiger partial charge in [0, 0.05) is 17.2 Å². The zero-order valence-corrected chi connectivity index (χ0v) is 33.1. The number of nitrogens with one attached hydrogen (secondary N) is 2. The summed E-state index contributed by atoms with van der Waals surface area (Å²) in [6.45, 7) is 5.44. The molecular formula is C50H70N2. The van der Waals surface area contributed by atoms with Crippen LogP contribution in [0.5, 0.6) is 0 Å². The molecule has 9 aliphatic carbocycles. The Hall–Kier alpha value is -2.06. The maximum atomic E-state index is 4.30. The zero-order valence-electron chi connectivity index (χ0n) is 33.1. The summed E-state index contributed by atoms with van der Waals surface area (Å²) in [5.74, 6) is 4.13. The van der Waals surface area contributed by atoms with E-state index >= 15 is 0 Å². The molecule has 2 heteroatoms. The molecular weight excluding hydrogens is 629 g/mol. The molecule has 1 heterocycles. The van der Waals surface area contributed by atoms with Gasteiger partial charge < -0.3 is 5.32 Å². The minimum absolute atomic E-state index is 0.357. The predicted octanol–water partition coefficient (Wildman–Crippen LogP) is 13.0. The number of hydrogen-bond donors (Lipinski definition) is 2. The fourth-order valence-electron chi connectivity index (χ4n) is 15.0. The summed E-state index contributed by atoms with van der Waals surface area (Å²) in [5.41, 5.74) is 17.3. The summed E-state index contributed by atoms with van der Waals surface area (Å²) < 4.78 is 0. The molecule has 2 N–H and O–H groups in total. The van der Waals surface area contributed by atoms with Crippen LogP contribution in [0, 0.1) is 40.4 Å². The van der Waals surface area contributed by atoms with E-state index in [1.807, 2.05) is 33.4 Å². The lowest BCUT2D eigenvalue weighted by Crippen LogP contribution is -2.57. The van der Waals surface area contributed by atoms with Gasteiger partial charge in [-0.05, 0) is 192 Å². The smallest absolute Gasteiger partial charge is 0.0804 e. The molecule has 1 spiro atoms. The molecule has 10 rings (SSSR count). The highest BCUT2D eigenvalue weighted by atomic mass is 15.2. The van der Waals surface area contributed by atoms with Crippen molar-refractivity contribution >= 4 is 0 Å². The van der Waals surface area contributed by atoms with E-state index in [0.717, 1.165) is 29.6 Å². The van der Waals surface area contributed by atoms with Gasteiger partial charge >= 0.3 is 0 Å². The summed E-state index contributed by atoms with van der Waals surface area (Å²) in [6.07, 6.45) is 47.5. The van der Waals surface area contributed by atoms with Crippen LogP contribution in [-0.2, 0) is 0 Å². The average molecular weight is 699 g/mol. The lowest BCUT2D eigenvalue weighted by Gasteiger charge is -2.49. The molecule has 0 aromatic heterocycles. The van der Waals surface area contributed by atoms with E-state index in [9.17, 15) is 0 Å². The van der Waals surface area contributed by atoms with Crippen molar-refractivity contribution in [3.05, 3.63) is 80.7 Å². The van der Waals surface area contributed by atoms with E-state index in [0.29, 0.717) is 23.0 Å². The van der Waals surface area contributed by atoms with Gasteiger partial charge in [-0.1, -0.05) is 92.5 Å². The van der Waals surface area contributed by atoms with Crippen LogP contribution in [0.25, 0.3) is 0 Å². The Morgan fingerprint density at radius 2 is 1.56 bits per heavy atom. The van der Waals surface area contributed by atoms with E-state index in [2.05, 4.69) is 54.9 Å². The number of hydrogen-bond acceptors (Lipinski definition) is 2. The van der Waals surface area contributed by atoms with Gasteiger partial charge in [0.2, 0.25) is 0 Å². The SMILES string of the molecule is CC1(C)C2=C(C3=C(CC2)C2(CCCCC2)C2=C3CCCC2)C2CCC(C3CCCCC3C3NC(C4=CC=CCC4)=CC(CC4=CCCCC4)N3)CC21. The third kappa shape index (κ3) is 5.72. The summed E-state index contributed by atoms with van der Waals surface area (Å²) in [7, 11) is 0. The molecule has 280 valence electrons. The van der Waals surface area contributed by atoms with Crippen LogP contribution in [0.2, 0.25) is 0 Å². The van der Waals surface area contributed by atoms with Crippen molar-refractivity contribution in [2.24, 2.45) is 40.4 Å². The Balaban J connectivity index is 0.922. The monoisotopic (exact) mass is 699 g/mol. The molecule has 3 fully saturated rings. The lowest BCUT2D eigenvalue weighted by atomic mass is 9.59. The van der Waals surface area contributed by atoms with Crippen LogP contribution < -0.4 is 10.6 Å². The fraction of sp³-hybridized carbons (Fsp3) is 0.720. The molecule has 10 aliphatic rings. The topological polar surface area (TPSA) is 24.1 Å². The minimum Gasteiger partial charge on any atom is -0.370 e. The van der Waals surface area contributed by atoms with Crippen molar-refractivity contribution in [2.45, 2.75) is 187 Å². The van der Waals surface area contributed by atoms with Crippen molar-refractivity contribution in [1.82, 2.24) is 10.6 Å². The van der Waals surface area contributed by atoms with Crippen molar-refractivity contribution in [1.29, 1.82) is 0 Å². The van der Waals surface area contributed by atoms with Crippen LogP contribution in [0.4, 0.5) is 0 Å². The summed E-state index contributed by atoms with van der Waals surface area (Å²) in [6, 6.07) is 0.459. The Morgan fingerprint density at radius 3 is 2.38 bits per heavy atom. The molecule has 0 bridgehead atoms. The van der Waals surface area contributed by atoms with Gasteiger partial charge in [0.25, 0.3) is 0 Å². The van der Waals surface area contributed by atoms with Crippen LogP contribution in [0.15, 0.2) is 80.7 Å². The molecule has 0 amide bonds. The Labute approximate surface area is 317 Å². The van der Waals surface area contributed by atoms with Gasteiger partial charge in [0.15, 0.2) is 0 Å². The van der Waals surface area contributed by atoms with E-state index in [4.69, 9.17) is 0 Å². The van der Waals surface area contributed by atoms with Gasteiger partial charge in [-0.3, -0.25) is 5.32 Å². The van der Waals surface area contributed by atoms with Crippen molar-refractivity contribution in [2.75, 3.05) is 0 Å². The first kappa shape index (κ1) is 34.4. The normalized spacial score (nSPS) is 38.2. The average Bonchev–Trinajstić information content (AvgIpc) is 3.60. The standard InChI is InChI=1S/C50H70N2/c1-49(2)42-26-27-43-47(39-22-12-13-23-41(39)50(43)28-14-5-15-29-50)46(42)40-25-24-35(31-44(40)49)37-20-10-11-21-38(37)48-51-36(30-33-16-6-3-7-17-33)32-45(52-48)34-18-8-4-9-19-34/h4,8,16,18,32,35-38,40,44,48,51-52H,3,5-7,9-15,17,19-31H2,1-2H3. The lowest BCUT2D eigenvalue weighted by molar-refractivity contribution is 0.0410. The number of allylic oxidation sites excluding steroid dienone is 11. The first-order chi connectivity index (χ1) is 25.5. The highest BCUT2D eigenvalue weighted by Gasteiger charge is 2.57. The van der Waals surface area contributed by atoms with E-state index in [1.165, 1.54) is 166 Å². The molecule has 2 nitrogen and oxygen atoms in total. The van der Waals surface area contributed by atoms with Crippen LogP contribution >= 0.6 is 0 Å². The van der Waals surface area contributed by atoms with Crippen molar-refractivity contribution in [3.8, 4) is 0 Å². The molecule has 0 aromatic carbocycles. The molecule has 0 aromatic rings. The first-order valence-electron chi connectivity index (χ1n) is 23.0. The highest BCUT2D eigenvalue weighted by molar-refractivity contribution is 5.67. The molecule has 3 saturated carbocycles. The van der Waals surface area contributed by atoms with E-state index < -0.39 is 0 Å².